The van der Waals surface area contributed by atoms with Crippen molar-refractivity contribution in [3.8, 4) is 0 Å². The van der Waals surface area contributed by atoms with Crippen molar-refractivity contribution in [2.45, 2.75) is 77.4 Å². The van der Waals surface area contributed by atoms with Crippen LogP contribution >= 0.6 is 0 Å². The first kappa shape index (κ1) is 22.6. The lowest BCUT2D eigenvalue weighted by Gasteiger charge is -2.39. The highest BCUT2D eigenvalue weighted by molar-refractivity contribution is 6.06. The molecule has 4 nitrogen and oxygen atoms in total. The molecule has 2 unspecified atom stereocenters. The van der Waals surface area contributed by atoms with E-state index in [0.29, 0.717) is 18.1 Å². The van der Waals surface area contributed by atoms with Crippen LogP contribution in [-0.4, -0.2) is 21.8 Å². The molecule has 1 aliphatic carbocycles. The van der Waals surface area contributed by atoms with E-state index in [4.69, 9.17) is 0 Å². The molecule has 0 spiro atoms. The molecule has 0 radical (unpaired) electrons. The van der Waals surface area contributed by atoms with Crippen molar-refractivity contribution in [1.29, 1.82) is 0 Å². The quantitative estimate of drug-likeness (QED) is 0.463. The molecule has 34 heavy (non-hydrogen) atoms. The SMILES string of the molecule is CCC1=CC2c3ccccc3C(C)N12.Cc1ccc2c(C(=O)NC3CCCCC3)cccc2n1. The number of carbonyl (C=O) groups excluding carboxylic acids is 1. The zero-order valence-electron chi connectivity index (χ0n) is 20.6. The van der Waals surface area contributed by atoms with Crippen molar-refractivity contribution >= 4 is 16.8 Å². The average Bonchev–Trinajstić information content (AvgIpc) is 3.05. The van der Waals surface area contributed by atoms with E-state index in [2.05, 4.69) is 59.4 Å². The van der Waals surface area contributed by atoms with Crippen LogP contribution in [-0.2, 0) is 0 Å². The number of hydrogen-bond donors (Lipinski definition) is 1. The minimum absolute atomic E-state index is 0.0353. The predicted octanol–water partition coefficient (Wildman–Crippen LogP) is 7.02. The van der Waals surface area contributed by atoms with E-state index >= 15 is 0 Å². The molecule has 4 heteroatoms. The Morgan fingerprint density at radius 2 is 1.76 bits per heavy atom. The van der Waals surface area contributed by atoms with Crippen LogP contribution in [0.4, 0.5) is 0 Å². The fourth-order valence-electron chi connectivity index (χ4n) is 5.75. The number of amides is 1. The largest absolute Gasteiger partial charge is 0.358 e. The van der Waals surface area contributed by atoms with Crippen LogP contribution < -0.4 is 5.32 Å². The number of fused-ring (bicyclic) bond motifs is 4. The summed E-state index contributed by atoms with van der Waals surface area (Å²) in [7, 11) is 0. The lowest BCUT2D eigenvalue weighted by molar-refractivity contribution is 0.0929. The fourth-order valence-corrected chi connectivity index (χ4v) is 5.75. The minimum atomic E-state index is 0.0353. The Morgan fingerprint density at radius 3 is 2.53 bits per heavy atom. The zero-order chi connectivity index (χ0) is 23.7. The highest BCUT2D eigenvalue weighted by Crippen LogP contribution is 2.51. The van der Waals surface area contributed by atoms with E-state index in [9.17, 15) is 4.79 Å². The number of hydrogen-bond acceptors (Lipinski definition) is 3. The van der Waals surface area contributed by atoms with Gasteiger partial charge in [0.1, 0.15) is 0 Å². The van der Waals surface area contributed by atoms with Crippen LogP contribution in [0.2, 0.25) is 0 Å². The Kier molecular flexibility index (Phi) is 6.40. The van der Waals surface area contributed by atoms with Crippen molar-refractivity contribution in [2.75, 3.05) is 0 Å². The molecule has 1 aromatic heterocycles. The van der Waals surface area contributed by atoms with Gasteiger partial charge in [-0.2, -0.15) is 0 Å². The number of nitrogens with zero attached hydrogens (tertiary/aromatic N) is 2. The summed E-state index contributed by atoms with van der Waals surface area (Å²) in [6.45, 7) is 6.51. The van der Waals surface area contributed by atoms with Gasteiger partial charge in [0.2, 0.25) is 0 Å². The molecule has 1 N–H and O–H groups in total. The number of allylic oxidation sites excluding steroid dienone is 1. The molecule has 6 rings (SSSR count). The van der Waals surface area contributed by atoms with E-state index in [-0.39, 0.29) is 5.91 Å². The first-order chi connectivity index (χ1) is 16.6. The van der Waals surface area contributed by atoms with E-state index in [1.54, 1.807) is 0 Å². The monoisotopic (exact) mass is 453 g/mol. The second-order valence-electron chi connectivity index (χ2n) is 9.80. The first-order valence-electron chi connectivity index (χ1n) is 12.8. The maximum Gasteiger partial charge on any atom is 0.252 e. The van der Waals surface area contributed by atoms with E-state index in [0.717, 1.165) is 41.4 Å². The second-order valence-corrected chi connectivity index (χ2v) is 9.80. The van der Waals surface area contributed by atoms with Gasteiger partial charge in [-0.25, -0.2) is 0 Å². The van der Waals surface area contributed by atoms with Gasteiger partial charge in [-0.3, -0.25) is 9.78 Å². The number of aromatic nitrogens is 1. The summed E-state index contributed by atoms with van der Waals surface area (Å²) in [6.07, 6.45) is 9.52. The molecule has 1 saturated carbocycles. The molecule has 3 aromatic rings. The number of rotatable bonds is 3. The Labute approximate surface area is 203 Å². The molecule has 176 valence electrons. The maximum atomic E-state index is 12.5. The Bertz CT molecular complexity index is 1220. The van der Waals surface area contributed by atoms with E-state index in [1.165, 1.54) is 36.1 Å². The van der Waals surface area contributed by atoms with Gasteiger partial charge in [0.15, 0.2) is 0 Å². The van der Waals surface area contributed by atoms with Crippen LogP contribution in [0.3, 0.4) is 0 Å². The van der Waals surface area contributed by atoms with E-state index in [1.807, 2.05) is 37.3 Å². The Balaban J connectivity index is 0.000000150. The molecule has 2 aromatic carbocycles. The summed E-state index contributed by atoms with van der Waals surface area (Å²) in [6, 6.07) is 20.0. The van der Waals surface area contributed by atoms with Gasteiger partial charge in [0.05, 0.1) is 17.6 Å². The summed E-state index contributed by atoms with van der Waals surface area (Å²) in [5, 5.41) is 4.11. The second kappa shape index (κ2) is 9.61. The minimum Gasteiger partial charge on any atom is -0.358 e. The number of aryl methyl sites for hydroxylation is 1. The third kappa shape index (κ3) is 4.22. The molecule has 3 heterocycles. The molecule has 2 aliphatic heterocycles. The summed E-state index contributed by atoms with van der Waals surface area (Å²) in [5.41, 5.74) is 7.14. The van der Waals surface area contributed by atoms with Crippen molar-refractivity contribution in [3.63, 3.8) is 0 Å². The summed E-state index contributed by atoms with van der Waals surface area (Å²) in [4.78, 5) is 19.5. The highest BCUT2D eigenvalue weighted by atomic mass is 16.1. The topological polar surface area (TPSA) is 45.2 Å². The average molecular weight is 454 g/mol. The van der Waals surface area contributed by atoms with Crippen molar-refractivity contribution < 1.29 is 4.79 Å². The lowest BCUT2D eigenvalue weighted by atomic mass is 9.95. The molecule has 0 saturated heterocycles. The smallest absolute Gasteiger partial charge is 0.252 e. The summed E-state index contributed by atoms with van der Waals surface area (Å²) < 4.78 is 0. The predicted molar refractivity (Wildman–Crippen MR) is 139 cm³/mol. The fraction of sp³-hybridized carbons (Fsp3) is 0.400. The molecule has 1 amide bonds. The van der Waals surface area contributed by atoms with Crippen LogP contribution in [0.15, 0.2) is 66.4 Å². The van der Waals surface area contributed by atoms with Crippen LogP contribution in [0.25, 0.3) is 10.9 Å². The highest BCUT2D eigenvalue weighted by Gasteiger charge is 2.40. The van der Waals surface area contributed by atoms with Crippen molar-refractivity contribution in [2.24, 2.45) is 0 Å². The lowest BCUT2D eigenvalue weighted by Crippen LogP contribution is -2.36. The first-order valence-corrected chi connectivity index (χ1v) is 12.8. The summed E-state index contributed by atoms with van der Waals surface area (Å²) in [5.74, 6) is 0.0353. The molecule has 3 aliphatic rings. The summed E-state index contributed by atoms with van der Waals surface area (Å²) >= 11 is 0. The third-order valence-electron chi connectivity index (χ3n) is 7.58. The Morgan fingerprint density at radius 1 is 1.00 bits per heavy atom. The molecule has 1 fully saturated rings. The number of nitrogens with one attached hydrogen (secondary N) is 1. The van der Waals surface area contributed by atoms with Gasteiger partial charge in [0.25, 0.3) is 5.91 Å². The van der Waals surface area contributed by atoms with Crippen molar-refractivity contribution in [1.82, 2.24) is 15.2 Å². The maximum absolute atomic E-state index is 12.5. The molecular formula is C30H35N3O. The molecule has 0 bridgehead atoms. The van der Waals surface area contributed by atoms with Gasteiger partial charge in [-0.05, 0) is 68.5 Å². The van der Waals surface area contributed by atoms with Gasteiger partial charge in [0, 0.05) is 28.4 Å². The van der Waals surface area contributed by atoms with Gasteiger partial charge < -0.3 is 10.2 Å². The van der Waals surface area contributed by atoms with Crippen LogP contribution in [0.1, 0.15) is 91.6 Å². The van der Waals surface area contributed by atoms with E-state index < -0.39 is 0 Å². The third-order valence-corrected chi connectivity index (χ3v) is 7.58. The van der Waals surface area contributed by atoms with Gasteiger partial charge in [-0.15, -0.1) is 0 Å². The van der Waals surface area contributed by atoms with Crippen LogP contribution in [0.5, 0.6) is 0 Å². The molecular weight excluding hydrogens is 418 g/mol. The Hall–Kier alpha value is -3.14. The van der Waals surface area contributed by atoms with Gasteiger partial charge in [-0.1, -0.05) is 62.6 Å². The standard InChI is InChI=1S/C17H20N2O.C13H15N/c1-12-10-11-14-15(8-5-9-16(14)18-12)17(20)19-13-6-3-2-4-7-13;1-3-10-8-13-12-7-5-4-6-11(12)9(2)14(10)13/h5,8-11,13H,2-4,6-7H2,1H3,(H,19,20);4-9,13H,3H2,1-2H3. The molecule has 2 atom stereocenters. The zero-order valence-corrected chi connectivity index (χ0v) is 20.6. The number of pyridine rings is 1. The number of benzene rings is 2. The number of carbonyl (C=O) groups is 1. The van der Waals surface area contributed by atoms with Gasteiger partial charge >= 0.3 is 0 Å². The van der Waals surface area contributed by atoms with Crippen molar-refractivity contribution in [3.05, 3.63) is 88.8 Å². The van der Waals surface area contributed by atoms with Crippen LogP contribution in [0, 0.1) is 6.92 Å². The normalized spacial score (nSPS) is 21.0.